The Morgan fingerprint density at radius 1 is 1.05 bits per heavy atom. The molecule has 0 saturated carbocycles. The number of nitrogens with one attached hydrogen (secondary N) is 1. The molecule has 2 aromatic rings. The lowest BCUT2D eigenvalue weighted by Crippen LogP contribution is -2.38. The van der Waals surface area contributed by atoms with E-state index in [1.165, 1.54) is 41.6 Å². The summed E-state index contributed by atoms with van der Waals surface area (Å²) in [6.45, 7) is 12.9. The highest BCUT2D eigenvalue weighted by Crippen LogP contribution is 2.26. The molecule has 0 spiro atoms. The number of aliphatic hydroxyl groups excluding tert-OH is 1. The quantitative estimate of drug-likeness (QED) is 0.522. The van der Waals surface area contributed by atoms with Gasteiger partial charge < -0.3 is 24.4 Å². The number of methoxy groups -OCH3 is 2. The van der Waals surface area contributed by atoms with Crippen LogP contribution in [0.2, 0.25) is 0 Å². The van der Waals surface area contributed by atoms with Crippen molar-refractivity contribution in [3.8, 4) is 0 Å². The van der Waals surface area contributed by atoms with Gasteiger partial charge in [0.1, 0.15) is 24.3 Å². The molecule has 1 atom stereocenters. The maximum atomic E-state index is 12.1. The maximum Gasteiger partial charge on any atom is 0.327 e. The first-order valence-corrected chi connectivity index (χ1v) is 12.5. The minimum Gasteiger partial charge on any atom is -0.371 e. The number of nitrogens with zero attached hydrogens (tertiary/aromatic N) is 7. The van der Waals surface area contributed by atoms with E-state index < -0.39 is 12.5 Å². The third kappa shape index (κ3) is 8.80. The summed E-state index contributed by atoms with van der Waals surface area (Å²) in [5, 5.41) is 12.6. The van der Waals surface area contributed by atoms with Crippen molar-refractivity contribution in [2.45, 2.75) is 64.9 Å². The number of aliphatic hydroxyl groups is 1. The van der Waals surface area contributed by atoms with Crippen LogP contribution in [0.3, 0.4) is 0 Å². The molecule has 3 rings (SSSR count). The van der Waals surface area contributed by atoms with E-state index in [9.17, 15) is 14.7 Å². The van der Waals surface area contributed by atoms with Crippen molar-refractivity contribution in [2.75, 3.05) is 51.6 Å². The highest BCUT2D eigenvalue weighted by atomic mass is 16.7. The molecule has 1 unspecified atom stereocenters. The summed E-state index contributed by atoms with van der Waals surface area (Å²) in [5.41, 5.74) is 1.47. The predicted molar refractivity (Wildman–Crippen MR) is 147 cm³/mol. The normalized spacial score (nSPS) is 15.8. The fourth-order valence-electron chi connectivity index (χ4n) is 3.45. The van der Waals surface area contributed by atoms with Crippen LogP contribution >= 0.6 is 0 Å². The van der Waals surface area contributed by atoms with Gasteiger partial charge in [0.2, 0.25) is 0 Å². The summed E-state index contributed by atoms with van der Waals surface area (Å²) < 4.78 is 10.1. The molecule has 2 N–H and O–H groups in total. The van der Waals surface area contributed by atoms with Crippen molar-refractivity contribution >= 4 is 23.7 Å². The van der Waals surface area contributed by atoms with Gasteiger partial charge in [-0.2, -0.15) is 0 Å². The lowest BCUT2D eigenvalue weighted by Gasteiger charge is -2.23. The first-order chi connectivity index (χ1) is 18.1. The number of ether oxygens (including phenoxy) is 2. The highest BCUT2D eigenvalue weighted by Gasteiger charge is 2.36. The lowest BCUT2D eigenvalue weighted by molar-refractivity contribution is -0.108. The fourth-order valence-corrected chi connectivity index (χ4v) is 3.45. The molecule has 39 heavy (non-hydrogen) atoms. The standard InChI is InChI=1S/C14H24N4O3.C12H18N4O2/c1-14(2,3)10-7-11(16-9-15-10)17-13(19)18(4)8-12(20-5)21-6;1-12(2,3)8-5-9(14-7-13-8)16-10(17)6-15(4)11(16)18/h7,9,12H,8H2,1-6H3,(H,15,16,17,19);5,7,10,17H,6H2,1-4H3. The Bertz CT molecular complexity index is 1110. The van der Waals surface area contributed by atoms with E-state index in [2.05, 4.69) is 46.0 Å². The van der Waals surface area contributed by atoms with Crippen molar-refractivity contribution in [1.82, 2.24) is 29.7 Å². The molecule has 13 heteroatoms. The number of hydrogen-bond acceptors (Lipinski definition) is 9. The van der Waals surface area contributed by atoms with E-state index in [0.29, 0.717) is 18.2 Å². The van der Waals surface area contributed by atoms with Crippen LogP contribution < -0.4 is 10.2 Å². The number of carbonyl (C=O) groups excluding carboxylic acids is 2. The molecular weight excluding hydrogens is 504 g/mol. The summed E-state index contributed by atoms with van der Waals surface area (Å²) in [7, 11) is 6.36. The Morgan fingerprint density at radius 3 is 2.08 bits per heavy atom. The van der Waals surface area contributed by atoms with Gasteiger partial charge >= 0.3 is 12.1 Å². The number of likely N-dealkylation sites (N-methyl/N-ethyl adjacent to an activating group) is 2. The molecule has 0 aromatic carbocycles. The second-order valence-electron chi connectivity index (χ2n) is 11.3. The highest BCUT2D eigenvalue weighted by molar-refractivity contribution is 5.93. The Kier molecular flexibility index (Phi) is 10.7. The van der Waals surface area contributed by atoms with E-state index in [1.54, 1.807) is 26.2 Å². The number of carbonyl (C=O) groups is 2. The minimum absolute atomic E-state index is 0.106. The van der Waals surface area contributed by atoms with Crippen molar-refractivity contribution in [1.29, 1.82) is 0 Å². The molecule has 13 nitrogen and oxygen atoms in total. The number of urea groups is 2. The van der Waals surface area contributed by atoms with Crippen molar-refractivity contribution < 1.29 is 24.2 Å². The maximum absolute atomic E-state index is 12.1. The van der Waals surface area contributed by atoms with Crippen LogP contribution in [-0.2, 0) is 20.3 Å². The Hall–Kier alpha value is -3.42. The van der Waals surface area contributed by atoms with Gasteiger partial charge in [-0.25, -0.2) is 34.4 Å². The molecule has 4 amide bonds. The zero-order valence-corrected chi connectivity index (χ0v) is 24.6. The molecule has 1 aliphatic heterocycles. The van der Waals surface area contributed by atoms with Gasteiger partial charge in [0.15, 0.2) is 12.5 Å². The van der Waals surface area contributed by atoms with Gasteiger partial charge in [0.05, 0.1) is 24.5 Å². The van der Waals surface area contributed by atoms with Crippen LogP contribution in [-0.4, -0.2) is 101 Å². The topological polar surface area (TPSA) is 146 Å². The smallest absolute Gasteiger partial charge is 0.327 e. The van der Waals surface area contributed by atoms with E-state index in [1.807, 2.05) is 20.8 Å². The predicted octanol–water partition coefficient (Wildman–Crippen LogP) is 2.82. The molecule has 1 fully saturated rings. The summed E-state index contributed by atoms with van der Waals surface area (Å²) in [6.07, 6.45) is 1.55. The fraction of sp³-hybridized carbons (Fsp3) is 0.615. The van der Waals surface area contributed by atoms with Gasteiger partial charge in [-0.1, -0.05) is 41.5 Å². The van der Waals surface area contributed by atoms with Gasteiger partial charge in [-0.05, 0) is 0 Å². The largest absolute Gasteiger partial charge is 0.371 e. The summed E-state index contributed by atoms with van der Waals surface area (Å²) in [4.78, 5) is 44.8. The SMILES string of the molecule is CN1CC(O)N(c2cc(C(C)(C)C)ncn2)C1=O.COC(CN(C)C(=O)Nc1cc(C(C)(C)C)ncn1)OC. The van der Waals surface area contributed by atoms with Gasteiger partial charge in [0, 0.05) is 51.3 Å². The molecule has 0 radical (unpaired) electrons. The second kappa shape index (κ2) is 13.1. The molecule has 2 aromatic heterocycles. The lowest BCUT2D eigenvalue weighted by atomic mass is 9.92. The average molecular weight is 547 g/mol. The monoisotopic (exact) mass is 546 g/mol. The second-order valence-corrected chi connectivity index (χ2v) is 11.3. The first kappa shape index (κ1) is 31.8. The van der Waals surface area contributed by atoms with Crippen molar-refractivity contribution in [2.24, 2.45) is 0 Å². The van der Waals surface area contributed by atoms with Crippen LogP contribution in [0, 0.1) is 0 Å². The molecule has 1 aliphatic rings. The molecule has 1 saturated heterocycles. The van der Waals surface area contributed by atoms with Crippen LogP contribution in [0.4, 0.5) is 21.2 Å². The summed E-state index contributed by atoms with van der Waals surface area (Å²) in [5.74, 6) is 0.912. The van der Waals surface area contributed by atoms with Crippen LogP contribution in [0.15, 0.2) is 24.8 Å². The molecule has 0 aliphatic carbocycles. The number of amides is 4. The van der Waals surface area contributed by atoms with Crippen LogP contribution in [0.25, 0.3) is 0 Å². The third-order valence-electron chi connectivity index (χ3n) is 5.90. The zero-order chi connectivity index (χ0) is 29.5. The van der Waals surface area contributed by atoms with Crippen LogP contribution in [0.1, 0.15) is 52.9 Å². The summed E-state index contributed by atoms with van der Waals surface area (Å²) in [6, 6.07) is 2.99. The van der Waals surface area contributed by atoms with Crippen LogP contribution in [0.5, 0.6) is 0 Å². The van der Waals surface area contributed by atoms with E-state index in [-0.39, 0.29) is 29.4 Å². The third-order valence-corrected chi connectivity index (χ3v) is 5.90. The Labute approximate surface area is 230 Å². The van der Waals surface area contributed by atoms with Gasteiger partial charge in [0.25, 0.3) is 0 Å². The number of rotatable bonds is 6. The van der Waals surface area contributed by atoms with Crippen molar-refractivity contribution in [3.05, 3.63) is 36.2 Å². The van der Waals surface area contributed by atoms with E-state index in [4.69, 9.17) is 9.47 Å². The Morgan fingerprint density at radius 2 is 1.59 bits per heavy atom. The number of anilines is 2. The first-order valence-electron chi connectivity index (χ1n) is 12.5. The molecule has 0 bridgehead atoms. The molecule has 216 valence electrons. The van der Waals surface area contributed by atoms with E-state index in [0.717, 1.165) is 11.4 Å². The summed E-state index contributed by atoms with van der Waals surface area (Å²) >= 11 is 0. The Balaban J connectivity index is 0.000000276. The van der Waals surface area contributed by atoms with Gasteiger partial charge in [-0.15, -0.1) is 0 Å². The minimum atomic E-state index is -0.856. The number of β-amino-alcohol motifs (C(OH)–C–C–N with tert-alkyl or cyclic N) is 1. The molecular formula is C26H42N8O5. The number of hydrogen-bond donors (Lipinski definition) is 2. The van der Waals surface area contributed by atoms with Gasteiger partial charge in [-0.3, -0.25) is 5.32 Å². The van der Waals surface area contributed by atoms with E-state index >= 15 is 0 Å². The van der Waals surface area contributed by atoms with Crippen molar-refractivity contribution in [3.63, 3.8) is 0 Å². The average Bonchev–Trinajstić information content (AvgIpc) is 3.12. The number of aromatic nitrogens is 4. The zero-order valence-electron chi connectivity index (χ0n) is 24.6. The molecule has 3 heterocycles.